The quantitative estimate of drug-likeness (QED) is 0.412. The second-order valence-corrected chi connectivity index (χ2v) is 7.33. The first-order valence-corrected chi connectivity index (χ1v) is 9.90. The number of rotatable bonds is 3. The van der Waals surface area contributed by atoms with Crippen molar-refractivity contribution in [1.82, 2.24) is 29.2 Å². The van der Waals surface area contributed by atoms with Gasteiger partial charge in [0.1, 0.15) is 17.1 Å². The van der Waals surface area contributed by atoms with Gasteiger partial charge < -0.3 is 4.74 Å². The molecule has 0 N–H and O–H groups in total. The zero-order valence-corrected chi connectivity index (χ0v) is 17.7. The summed E-state index contributed by atoms with van der Waals surface area (Å²) in [6.45, 7) is 1.93. The predicted molar refractivity (Wildman–Crippen MR) is 118 cm³/mol. The van der Waals surface area contributed by atoms with Gasteiger partial charge in [0.2, 0.25) is 0 Å². The first-order valence-electron chi connectivity index (χ1n) is 9.90. The molecule has 0 saturated carbocycles. The van der Waals surface area contributed by atoms with E-state index in [-0.39, 0.29) is 5.82 Å². The summed E-state index contributed by atoms with van der Waals surface area (Å²) >= 11 is 0. The molecule has 5 rings (SSSR count). The van der Waals surface area contributed by atoms with Crippen LogP contribution in [-0.2, 0) is 7.05 Å². The van der Waals surface area contributed by atoms with E-state index in [0.717, 1.165) is 39.2 Å². The highest BCUT2D eigenvalue weighted by Gasteiger charge is 2.13. The molecule has 0 aliphatic rings. The summed E-state index contributed by atoms with van der Waals surface area (Å²) < 4.78 is 24.1. The highest BCUT2D eigenvalue weighted by atomic mass is 19.1. The third-order valence-electron chi connectivity index (χ3n) is 5.25. The number of pyridine rings is 1. The highest BCUT2D eigenvalue weighted by Crippen LogP contribution is 2.29. The van der Waals surface area contributed by atoms with Gasteiger partial charge in [0, 0.05) is 30.6 Å². The van der Waals surface area contributed by atoms with E-state index in [9.17, 15) is 4.39 Å². The van der Waals surface area contributed by atoms with E-state index < -0.39 is 0 Å². The van der Waals surface area contributed by atoms with Gasteiger partial charge in [0.05, 0.1) is 48.2 Å². The number of halogens is 1. The maximum Gasteiger partial charge on any atom is 0.146 e. The van der Waals surface area contributed by atoms with Crippen LogP contribution in [0.4, 0.5) is 4.39 Å². The minimum Gasteiger partial charge on any atom is -0.494 e. The molecule has 0 atom stereocenters. The van der Waals surface area contributed by atoms with Crippen LogP contribution in [0.3, 0.4) is 0 Å². The monoisotopic (exact) mass is 426 g/mol. The Morgan fingerprint density at radius 1 is 0.906 bits per heavy atom. The van der Waals surface area contributed by atoms with Crippen LogP contribution in [0.15, 0.2) is 61.3 Å². The number of fused-ring (bicyclic) bond motifs is 1. The Kier molecular flexibility index (Phi) is 4.71. The van der Waals surface area contributed by atoms with Crippen molar-refractivity contribution in [3.05, 3.63) is 84.0 Å². The number of nitrogens with zero attached hydrogens (tertiary/aromatic N) is 6. The van der Waals surface area contributed by atoms with Crippen molar-refractivity contribution in [2.24, 2.45) is 7.05 Å². The molecule has 32 heavy (non-hydrogen) atoms. The van der Waals surface area contributed by atoms with Crippen LogP contribution < -0.4 is 4.74 Å². The van der Waals surface area contributed by atoms with Crippen molar-refractivity contribution in [3.8, 4) is 34.4 Å². The Morgan fingerprint density at radius 3 is 2.38 bits per heavy atom. The molecule has 4 heterocycles. The minimum absolute atomic E-state index is 0.285. The largest absolute Gasteiger partial charge is 0.494 e. The molecule has 1 aromatic carbocycles. The number of methoxy groups -OCH3 is 1. The van der Waals surface area contributed by atoms with E-state index in [1.165, 1.54) is 12.1 Å². The average Bonchev–Trinajstić information content (AvgIpc) is 3.51. The van der Waals surface area contributed by atoms with Crippen LogP contribution in [0.5, 0.6) is 5.75 Å². The van der Waals surface area contributed by atoms with Gasteiger partial charge in [-0.15, -0.1) is 0 Å². The van der Waals surface area contributed by atoms with Gasteiger partial charge in [0.15, 0.2) is 0 Å². The zero-order valence-electron chi connectivity index (χ0n) is 17.7. The van der Waals surface area contributed by atoms with E-state index in [2.05, 4.69) is 27.1 Å². The molecule has 8 heteroatoms. The minimum atomic E-state index is -0.285. The summed E-state index contributed by atoms with van der Waals surface area (Å²) in [6, 6.07) is 8.14. The topological polar surface area (TPSA) is 62.2 Å². The molecule has 0 unspecified atom stereocenters. The fraction of sp³-hybridized carbons (Fsp3) is 0.125. The van der Waals surface area contributed by atoms with Crippen LogP contribution in [0.1, 0.15) is 16.8 Å². The Morgan fingerprint density at radius 2 is 1.66 bits per heavy atom. The SMILES string of the molecule is COc1cc(-c2cnn(C)c2)cn2ncc(C#Cc3cnn(-c4ccc(F)cc4)c3C)c12. The average molecular weight is 426 g/mol. The van der Waals surface area contributed by atoms with Crippen LogP contribution in [0.25, 0.3) is 22.3 Å². The van der Waals surface area contributed by atoms with E-state index >= 15 is 0 Å². The van der Waals surface area contributed by atoms with E-state index in [1.54, 1.807) is 51.7 Å². The molecular formula is C24H19FN6O. The van der Waals surface area contributed by atoms with Gasteiger partial charge in [-0.3, -0.25) is 4.68 Å². The summed E-state index contributed by atoms with van der Waals surface area (Å²) in [5, 5.41) is 13.1. The second-order valence-electron chi connectivity index (χ2n) is 7.33. The van der Waals surface area contributed by atoms with Crippen molar-refractivity contribution in [3.63, 3.8) is 0 Å². The third-order valence-corrected chi connectivity index (χ3v) is 5.25. The molecule has 0 aliphatic heterocycles. The number of ether oxygens (including phenoxy) is 1. The number of aryl methyl sites for hydroxylation is 1. The molecule has 7 nitrogen and oxygen atoms in total. The lowest BCUT2D eigenvalue weighted by Crippen LogP contribution is -1.98. The summed E-state index contributed by atoms with van der Waals surface area (Å²) in [6.07, 6.45) is 9.09. The first kappa shape index (κ1) is 19.6. The molecule has 0 bridgehead atoms. The van der Waals surface area contributed by atoms with Crippen LogP contribution in [-0.4, -0.2) is 36.3 Å². The molecule has 5 aromatic rings. The van der Waals surface area contributed by atoms with Gasteiger partial charge in [-0.1, -0.05) is 11.8 Å². The third kappa shape index (κ3) is 3.40. The molecule has 0 radical (unpaired) electrons. The van der Waals surface area contributed by atoms with Crippen molar-refractivity contribution in [2.75, 3.05) is 7.11 Å². The lowest BCUT2D eigenvalue weighted by molar-refractivity contribution is 0.417. The maximum atomic E-state index is 13.2. The van der Waals surface area contributed by atoms with Crippen molar-refractivity contribution in [1.29, 1.82) is 0 Å². The standard InChI is InChI=1S/C24H19FN6O/c1-16-17(11-28-31(16)22-8-6-21(25)7-9-22)4-5-18-12-27-30-15-19(10-23(32-3)24(18)30)20-13-26-29(2)14-20/h6-15H,1-3H3. The van der Waals surface area contributed by atoms with E-state index in [0.29, 0.717) is 5.75 Å². The summed E-state index contributed by atoms with van der Waals surface area (Å²) in [7, 11) is 3.50. The first-order chi connectivity index (χ1) is 15.5. The highest BCUT2D eigenvalue weighted by molar-refractivity contribution is 5.75. The van der Waals surface area contributed by atoms with Crippen molar-refractivity contribution in [2.45, 2.75) is 6.92 Å². The Bertz CT molecular complexity index is 1500. The zero-order chi connectivity index (χ0) is 22.2. The van der Waals surface area contributed by atoms with Gasteiger partial charge >= 0.3 is 0 Å². The number of hydrogen-bond acceptors (Lipinski definition) is 4. The number of hydrogen-bond donors (Lipinski definition) is 0. The van der Waals surface area contributed by atoms with Gasteiger partial charge in [-0.2, -0.15) is 15.3 Å². The fourth-order valence-electron chi connectivity index (χ4n) is 3.57. The molecule has 158 valence electrons. The summed E-state index contributed by atoms with van der Waals surface area (Å²) in [4.78, 5) is 0. The fourth-order valence-corrected chi connectivity index (χ4v) is 3.57. The second kappa shape index (κ2) is 7.71. The lowest BCUT2D eigenvalue weighted by atomic mass is 10.1. The molecule has 0 spiro atoms. The van der Waals surface area contributed by atoms with E-state index in [4.69, 9.17) is 4.74 Å². The summed E-state index contributed by atoms with van der Waals surface area (Å²) in [5.74, 6) is 6.76. The van der Waals surface area contributed by atoms with Crippen molar-refractivity contribution >= 4 is 5.52 Å². The van der Waals surface area contributed by atoms with Gasteiger partial charge in [-0.05, 0) is 37.3 Å². The molecule has 0 amide bonds. The smallest absolute Gasteiger partial charge is 0.146 e. The van der Waals surface area contributed by atoms with Crippen LogP contribution in [0.2, 0.25) is 0 Å². The van der Waals surface area contributed by atoms with Gasteiger partial charge in [-0.25, -0.2) is 13.6 Å². The predicted octanol–water partition coefficient (Wildman–Crippen LogP) is 3.78. The number of aromatic nitrogens is 6. The Labute approximate surface area is 183 Å². The molecule has 0 fully saturated rings. The van der Waals surface area contributed by atoms with Crippen LogP contribution in [0, 0.1) is 24.6 Å². The lowest BCUT2D eigenvalue weighted by Gasteiger charge is -2.06. The van der Waals surface area contributed by atoms with E-state index in [1.807, 2.05) is 32.4 Å². The Hall–Kier alpha value is -4.38. The molecular weight excluding hydrogens is 407 g/mol. The molecule has 0 aliphatic carbocycles. The van der Waals surface area contributed by atoms with Crippen molar-refractivity contribution < 1.29 is 9.13 Å². The number of benzene rings is 1. The van der Waals surface area contributed by atoms with Gasteiger partial charge in [0.25, 0.3) is 0 Å². The molecule has 4 aromatic heterocycles. The summed E-state index contributed by atoms with van der Waals surface area (Å²) in [5.41, 5.74) is 5.87. The normalized spacial score (nSPS) is 10.9. The Balaban J connectivity index is 1.53. The maximum absolute atomic E-state index is 13.2. The van der Waals surface area contributed by atoms with Crippen LogP contribution >= 0.6 is 0 Å². The molecule has 0 saturated heterocycles.